The third-order valence-corrected chi connectivity index (χ3v) is 7.74. The number of rotatable bonds is 4. The van der Waals surface area contributed by atoms with Gasteiger partial charge in [0, 0.05) is 23.8 Å². The molecule has 2 fully saturated rings. The molecule has 2 aliphatic heterocycles. The van der Waals surface area contributed by atoms with Crippen LogP contribution in [0.2, 0.25) is 0 Å². The molecule has 8 nitrogen and oxygen atoms in total. The molecule has 29 heavy (non-hydrogen) atoms. The number of benzene rings is 1. The van der Waals surface area contributed by atoms with E-state index in [1.54, 1.807) is 30.3 Å². The van der Waals surface area contributed by atoms with Gasteiger partial charge in [0.05, 0.1) is 27.4 Å². The summed E-state index contributed by atoms with van der Waals surface area (Å²) < 4.78 is 29.5. The molecule has 0 spiro atoms. The van der Waals surface area contributed by atoms with E-state index in [9.17, 15) is 23.3 Å². The van der Waals surface area contributed by atoms with Gasteiger partial charge in [-0.15, -0.1) is 0 Å². The SMILES string of the molecule is O=C1/C(=C\c2ccc(-c3ccc([N+](=O)[O-])cc3)o2)SC(=S)N1C1CCS(=O)(=O)C1. The Balaban J connectivity index is 1.54. The first kappa shape index (κ1) is 19.8. The molecule has 150 valence electrons. The van der Waals surface area contributed by atoms with Crippen LogP contribution in [0.25, 0.3) is 17.4 Å². The van der Waals surface area contributed by atoms with Gasteiger partial charge < -0.3 is 4.42 Å². The minimum Gasteiger partial charge on any atom is -0.457 e. The van der Waals surface area contributed by atoms with Crippen molar-refractivity contribution in [2.75, 3.05) is 11.5 Å². The number of thioether (sulfide) groups is 1. The maximum Gasteiger partial charge on any atom is 0.269 e. The number of furan rings is 1. The number of carbonyl (C=O) groups excluding carboxylic acids is 1. The molecule has 1 amide bonds. The van der Waals surface area contributed by atoms with Crippen LogP contribution >= 0.6 is 24.0 Å². The van der Waals surface area contributed by atoms with Crippen LogP contribution in [0.15, 0.2) is 45.7 Å². The number of thiocarbonyl (C=S) groups is 1. The van der Waals surface area contributed by atoms with Gasteiger partial charge in [-0.3, -0.25) is 19.8 Å². The predicted molar refractivity (Wildman–Crippen MR) is 113 cm³/mol. The van der Waals surface area contributed by atoms with Crippen molar-refractivity contribution in [2.45, 2.75) is 12.5 Å². The van der Waals surface area contributed by atoms with Crippen LogP contribution in [0.4, 0.5) is 5.69 Å². The number of nitro groups is 1. The standard InChI is InChI=1S/C18H14N2O6S3/c21-17-16(28-18(27)19(17)13-7-8-29(24,25)10-13)9-14-5-6-15(26-14)11-1-3-12(4-2-11)20(22)23/h1-6,9,13H,7-8,10H2/b16-9+. The molecule has 1 aromatic carbocycles. The van der Waals surface area contributed by atoms with Crippen LogP contribution in [0.3, 0.4) is 0 Å². The summed E-state index contributed by atoms with van der Waals surface area (Å²) in [5.74, 6) is 0.597. The van der Waals surface area contributed by atoms with E-state index in [1.807, 2.05) is 0 Å². The van der Waals surface area contributed by atoms with Gasteiger partial charge in [-0.25, -0.2) is 8.42 Å². The highest BCUT2D eigenvalue weighted by molar-refractivity contribution is 8.26. The van der Waals surface area contributed by atoms with Crippen molar-refractivity contribution >= 4 is 55.8 Å². The van der Waals surface area contributed by atoms with E-state index in [2.05, 4.69) is 0 Å². The lowest BCUT2D eigenvalue weighted by molar-refractivity contribution is -0.384. The topological polar surface area (TPSA) is 111 Å². The normalized spacial score (nSPS) is 22.6. The number of nitrogens with zero attached hydrogens (tertiary/aromatic N) is 2. The number of amides is 1. The lowest BCUT2D eigenvalue weighted by Gasteiger charge is -2.20. The monoisotopic (exact) mass is 450 g/mol. The Labute approximate surface area is 175 Å². The van der Waals surface area contributed by atoms with E-state index in [0.29, 0.717) is 32.7 Å². The summed E-state index contributed by atoms with van der Waals surface area (Å²) in [6, 6.07) is 8.91. The first-order valence-corrected chi connectivity index (χ1v) is 11.6. The van der Waals surface area contributed by atoms with Crippen molar-refractivity contribution in [2.24, 2.45) is 0 Å². The molecule has 1 aromatic heterocycles. The van der Waals surface area contributed by atoms with Gasteiger partial charge in [0.25, 0.3) is 11.6 Å². The lowest BCUT2D eigenvalue weighted by atomic mass is 10.1. The van der Waals surface area contributed by atoms with Crippen molar-refractivity contribution in [1.29, 1.82) is 0 Å². The zero-order valence-electron chi connectivity index (χ0n) is 14.8. The number of hydrogen-bond donors (Lipinski definition) is 0. The maximum absolute atomic E-state index is 12.7. The van der Waals surface area contributed by atoms with Crippen molar-refractivity contribution < 1.29 is 22.6 Å². The summed E-state index contributed by atoms with van der Waals surface area (Å²) in [7, 11) is -3.13. The summed E-state index contributed by atoms with van der Waals surface area (Å²) in [5.41, 5.74) is 0.650. The van der Waals surface area contributed by atoms with Gasteiger partial charge in [-0.05, 0) is 30.7 Å². The van der Waals surface area contributed by atoms with Gasteiger partial charge >= 0.3 is 0 Å². The van der Waals surface area contributed by atoms with E-state index in [0.717, 1.165) is 11.8 Å². The highest BCUT2D eigenvalue weighted by Gasteiger charge is 2.42. The molecule has 3 heterocycles. The Kier molecular flexibility index (Phi) is 5.05. The highest BCUT2D eigenvalue weighted by atomic mass is 32.2. The maximum atomic E-state index is 12.7. The Bertz CT molecular complexity index is 1150. The van der Waals surface area contributed by atoms with Crippen molar-refractivity contribution in [1.82, 2.24) is 4.90 Å². The van der Waals surface area contributed by atoms with Crippen molar-refractivity contribution in [3.8, 4) is 11.3 Å². The Morgan fingerprint density at radius 2 is 1.97 bits per heavy atom. The Morgan fingerprint density at radius 3 is 2.59 bits per heavy atom. The molecule has 2 aliphatic rings. The van der Waals surface area contributed by atoms with Gasteiger partial charge in [-0.2, -0.15) is 0 Å². The molecule has 2 saturated heterocycles. The minimum absolute atomic E-state index is 0.0156. The van der Waals surface area contributed by atoms with Crippen molar-refractivity contribution in [3.63, 3.8) is 0 Å². The molecule has 11 heteroatoms. The summed E-state index contributed by atoms with van der Waals surface area (Å²) >= 11 is 6.40. The number of nitro benzene ring substituents is 1. The molecule has 2 aromatic rings. The number of carbonyl (C=O) groups is 1. The largest absolute Gasteiger partial charge is 0.457 e. The van der Waals surface area contributed by atoms with Crippen LogP contribution in [0.1, 0.15) is 12.2 Å². The van der Waals surface area contributed by atoms with Gasteiger partial charge in [0.15, 0.2) is 9.84 Å². The fourth-order valence-electron chi connectivity index (χ4n) is 3.24. The fourth-order valence-corrected chi connectivity index (χ4v) is 6.32. The highest BCUT2D eigenvalue weighted by Crippen LogP contribution is 2.37. The molecule has 0 N–H and O–H groups in total. The van der Waals surface area contributed by atoms with Crippen LogP contribution < -0.4 is 0 Å². The molecular formula is C18H14N2O6S3. The third-order valence-electron chi connectivity index (χ3n) is 4.66. The van der Waals surface area contributed by atoms with Crippen molar-refractivity contribution in [3.05, 3.63) is 57.2 Å². The molecular weight excluding hydrogens is 436 g/mol. The Hall–Kier alpha value is -2.50. The van der Waals surface area contributed by atoms with E-state index >= 15 is 0 Å². The second-order valence-electron chi connectivity index (χ2n) is 6.61. The molecule has 1 unspecified atom stereocenters. The zero-order chi connectivity index (χ0) is 20.8. The van der Waals surface area contributed by atoms with E-state index in [1.165, 1.54) is 17.0 Å². The van der Waals surface area contributed by atoms with E-state index < -0.39 is 20.8 Å². The summed E-state index contributed by atoms with van der Waals surface area (Å²) in [6.45, 7) is 0. The quantitative estimate of drug-likeness (QED) is 0.302. The van der Waals surface area contributed by atoms with Gasteiger partial charge in [0.1, 0.15) is 15.8 Å². The van der Waals surface area contributed by atoms with Gasteiger partial charge in [0.2, 0.25) is 0 Å². The van der Waals surface area contributed by atoms with Crippen LogP contribution in [-0.4, -0.2) is 46.0 Å². The van der Waals surface area contributed by atoms with Crippen LogP contribution in [0, 0.1) is 10.1 Å². The third kappa shape index (κ3) is 3.98. The molecule has 1 atom stereocenters. The van der Waals surface area contributed by atoms with Gasteiger partial charge in [-0.1, -0.05) is 24.0 Å². The lowest BCUT2D eigenvalue weighted by Crippen LogP contribution is -2.39. The number of hydrogen-bond acceptors (Lipinski definition) is 8. The second-order valence-corrected chi connectivity index (χ2v) is 10.5. The average molecular weight is 451 g/mol. The first-order chi connectivity index (χ1) is 13.7. The average Bonchev–Trinajstić information content (AvgIpc) is 3.34. The fraction of sp³-hybridized carbons (Fsp3) is 0.222. The summed E-state index contributed by atoms with van der Waals surface area (Å²) in [4.78, 5) is 24.8. The molecule has 4 rings (SSSR count). The molecule has 0 aliphatic carbocycles. The van der Waals surface area contributed by atoms with E-state index in [-0.39, 0.29) is 23.1 Å². The zero-order valence-corrected chi connectivity index (χ0v) is 17.3. The molecule has 0 radical (unpaired) electrons. The predicted octanol–water partition coefficient (Wildman–Crippen LogP) is 3.24. The number of sulfone groups is 1. The first-order valence-electron chi connectivity index (χ1n) is 8.56. The minimum atomic E-state index is -3.13. The van der Waals surface area contributed by atoms with Crippen LogP contribution in [0.5, 0.6) is 0 Å². The second kappa shape index (κ2) is 7.39. The molecule has 0 bridgehead atoms. The van der Waals surface area contributed by atoms with Crippen LogP contribution in [-0.2, 0) is 14.6 Å². The van der Waals surface area contributed by atoms with E-state index in [4.69, 9.17) is 16.6 Å². The summed E-state index contributed by atoms with van der Waals surface area (Å²) in [5, 5.41) is 10.8. The summed E-state index contributed by atoms with van der Waals surface area (Å²) in [6.07, 6.45) is 1.95. The number of non-ortho nitro benzene ring substituents is 1. The Morgan fingerprint density at radius 1 is 1.24 bits per heavy atom. The smallest absolute Gasteiger partial charge is 0.269 e. The molecule has 0 saturated carbocycles.